The fourth-order valence-electron chi connectivity index (χ4n) is 2.62. The summed E-state index contributed by atoms with van der Waals surface area (Å²) in [5.74, 6) is -1.41. The fraction of sp³-hybridized carbons (Fsp3) is 0.235. The predicted octanol–water partition coefficient (Wildman–Crippen LogP) is 3.45. The Morgan fingerprint density at radius 3 is 2.67 bits per heavy atom. The summed E-state index contributed by atoms with van der Waals surface area (Å²) < 4.78 is 24.1. The molecule has 1 aliphatic carbocycles. The molecule has 2 atom stereocenters. The van der Waals surface area contributed by atoms with Crippen LogP contribution in [0, 0.1) is 21.8 Å². The van der Waals surface area contributed by atoms with E-state index in [-0.39, 0.29) is 28.9 Å². The first-order valence-electron chi connectivity index (χ1n) is 7.30. The Hall–Kier alpha value is -2.96. The van der Waals surface area contributed by atoms with Gasteiger partial charge in [-0.05, 0) is 24.1 Å². The maximum absolute atomic E-state index is 13.8. The van der Waals surface area contributed by atoms with Crippen LogP contribution in [0.5, 0.6) is 11.5 Å². The molecule has 0 amide bonds. The zero-order valence-corrected chi connectivity index (χ0v) is 12.8. The summed E-state index contributed by atoms with van der Waals surface area (Å²) in [6.07, 6.45) is 0.483. The van der Waals surface area contributed by atoms with E-state index in [1.807, 2.05) is 0 Å². The van der Waals surface area contributed by atoms with Crippen molar-refractivity contribution in [3.8, 4) is 11.5 Å². The SMILES string of the molecule is COc1ccc([N+](=O)[O-])cc1OC(=O)C1CC1c1ccccc1F. The van der Waals surface area contributed by atoms with Gasteiger partial charge in [-0.2, -0.15) is 0 Å². The number of esters is 1. The average Bonchev–Trinajstić information content (AvgIpc) is 3.35. The smallest absolute Gasteiger partial charge is 0.315 e. The third-order valence-corrected chi connectivity index (χ3v) is 3.97. The van der Waals surface area contributed by atoms with E-state index >= 15 is 0 Å². The number of hydrogen-bond acceptors (Lipinski definition) is 5. The molecule has 0 bridgehead atoms. The van der Waals surface area contributed by atoms with E-state index in [0.29, 0.717) is 12.0 Å². The lowest BCUT2D eigenvalue weighted by molar-refractivity contribution is -0.384. The number of carbonyl (C=O) groups excluding carboxylic acids is 1. The van der Waals surface area contributed by atoms with Crippen LogP contribution in [0.15, 0.2) is 42.5 Å². The number of carbonyl (C=O) groups is 1. The second-order valence-electron chi connectivity index (χ2n) is 5.48. The summed E-state index contributed by atoms with van der Waals surface area (Å²) in [5.41, 5.74) is 0.269. The number of ether oxygens (including phenoxy) is 2. The van der Waals surface area contributed by atoms with E-state index in [4.69, 9.17) is 9.47 Å². The van der Waals surface area contributed by atoms with Crippen LogP contribution in [-0.2, 0) is 4.79 Å². The van der Waals surface area contributed by atoms with Gasteiger partial charge >= 0.3 is 5.97 Å². The molecule has 2 aromatic rings. The number of methoxy groups -OCH3 is 1. The highest BCUT2D eigenvalue weighted by Crippen LogP contribution is 2.49. The van der Waals surface area contributed by atoms with Crippen molar-refractivity contribution >= 4 is 11.7 Å². The second-order valence-corrected chi connectivity index (χ2v) is 5.48. The van der Waals surface area contributed by atoms with Crippen molar-refractivity contribution in [3.05, 3.63) is 64.0 Å². The van der Waals surface area contributed by atoms with Gasteiger partial charge in [0.25, 0.3) is 5.69 Å². The van der Waals surface area contributed by atoms with Crippen molar-refractivity contribution in [1.29, 1.82) is 0 Å². The number of hydrogen-bond donors (Lipinski definition) is 0. The first kappa shape index (κ1) is 15.9. The van der Waals surface area contributed by atoms with Crippen LogP contribution in [0.4, 0.5) is 10.1 Å². The first-order valence-corrected chi connectivity index (χ1v) is 7.30. The molecule has 2 unspecified atom stereocenters. The average molecular weight is 331 g/mol. The minimum absolute atomic E-state index is 0.0177. The fourth-order valence-corrected chi connectivity index (χ4v) is 2.62. The lowest BCUT2D eigenvalue weighted by atomic mass is 10.1. The zero-order valence-electron chi connectivity index (χ0n) is 12.8. The molecule has 0 heterocycles. The van der Waals surface area contributed by atoms with E-state index in [0.717, 1.165) is 6.07 Å². The molecular formula is C17H14FNO5. The van der Waals surface area contributed by atoms with Gasteiger partial charge in [0.05, 0.1) is 24.0 Å². The van der Waals surface area contributed by atoms with Gasteiger partial charge < -0.3 is 9.47 Å². The lowest BCUT2D eigenvalue weighted by Crippen LogP contribution is -2.12. The summed E-state index contributed by atoms with van der Waals surface area (Å²) in [7, 11) is 1.37. The Kier molecular flexibility index (Phi) is 4.16. The van der Waals surface area contributed by atoms with Gasteiger partial charge in [-0.1, -0.05) is 18.2 Å². The zero-order chi connectivity index (χ0) is 17.3. The molecule has 24 heavy (non-hydrogen) atoms. The van der Waals surface area contributed by atoms with E-state index in [1.54, 1.807) is 18.2 Å². The highest BCUT2D eigenvalue weighted by atomic mass is 19.1. The van der Waals surface area contributed by atoms with E-state index in [2.05, 4.69) is 0 Å². The Bertz CT molecular complexity index is 807. The summed E-state index contributed by atoms with van der Waals surface area (Å²) in [6, 6.07) is 10.0. The van der Waals surface area contributed by atoms with Crippen molar-refractivity contribution < 1.29 is 23.6 Å². The normalized spacial score (nSPS) is 18.8. The topological polar surface area (TPSA) is 78.7 Å². The number of nitro groups is 1. The van der Waals surface area contributed by atoms with E-state index in [1.165, 1.54) is 25.3 Å². The number of rotatable bonds is 5. The Balaban J connectivity index is 1.75. The molecule has 0 N–H and O–H groups in total. The molecule has 7 heteroatoms. The molecule has 0 aromatic heterocycles. The number of non-ortho nitro benzene ring substituents is 1. The molecule has 0 aliphatic heterocycles. The first-order chi connectivity index (χ1) is 11.5. The predicted molar refractivity (Wildman–Crippen MR) is 82.5 cm³/mol. The number of nitrogens with zero attached hydrogens (tertiary/aromatic N) is 1. The third-order valence-electron chi connectivity index (χ3n) is 3.97. The molecule has 0 radical (unpaired) electrons. The highest BCUT2D eigenvalue weighted by Gasteiger charge is 2.46. The van der Waals surface area contributed by atoms with Crippen molar-refractivity contribution in [3.63, 3.8) is 0 Å². The lowest BCUT2D eigenvalue weighted by Gasteiger charge is -2.09. The van der Waals surface area contributed by atoms with Crippen LogP contribution in [0.2, 0.25) is 0 Å². The summed E-state index contributed by atoms with van der Waals surface area (Å²) in [5, 5.41) is 10.8. The molecule has 1 aliphatic rings. The summed E-state index contributed by atoms with van der Waals surface area (Å²) >= 11 is 0. The van der Waals surface area contributed by atoms with Gasteiger partial charge in [0.1, 0.15) is 5.82 Å². The molecule has 1 fully saturated rings. The number of halogens is 1. The standard InChI is InChI=1S/C17H14FNO5/c1-23-15-7-6-10(19(21)22)8-16(15)24-17(20)13-9-12(13)11-4-2-3-5-14(11)18/h2-8,12-13H,9H2,1H3. The largest absolute Gasteiger partial charge is 0.493 e. The molecule has 0 saturated heterocycles. The van der Waals surface area contributed by atoms with Crippen LogP contribution >= 0.6 is 0 Å². The summed E-state index contributed by atoms with van der Waals surface area (Å²) in [6.45, 7) is 0. The van der Waals surface area contributed by atoms with Crippen molar-refractivity contribution in [2.75, 3.05) is 7.11 Å². The molecule has 6 nitrogen and oxygen atoms in total. The number of nitro benzene ring substituents is 1. The van der Waals surface area contributed by atoms with Crippen LogP contribution in [0.1, 0.15) is 17.9 Å². The molecule has 3 rings (SSSR count). The number of benzene rings is 2. The van der Waals surface area contributed by atoms with E-state index < -0.39 is 16.8 Å². The van der Waals surface area contributed by atoms with Crippen LogP contribution in [0.25, 0.3) is 0 Å². The van der Waals surface area contributed by atoms with Crippen molar-refractivity contribution in [2.45, 2.75) is 12.3 Å². The molecule has 1 saturated carbocycles. The van der Waals surface area contributed by atoms with Gasteiger partial charge in [0.2, 0.25) is 0 Å². The van der Waals surface area contributed by atoms with E-state index in [9.17, 15) is 19.3 Å². The van der Waals surface area contributed by atoms with Crippen LogP contribution in [0.3, 0.4) is 0 Å². The quantitative estimate of drug-likeness (QED) is 0.363. The second kappa shape index (κ2) is 6.27. The maximum atomic E-state index is 13.8. The van der Waals surface area contributed by atoms with Gasteiger partial charge in [-0.3, -0.25) is 14.9 Å². The Morgan fingerprint density at radius 1 is 1.25 bits per heavy atom. The van der Waals surface area contributed by atoms with Gasteiger partial charge in [0.15, 0.2) is 11.5 Å². The molecule has 2 aromatic carbocycles. The van der Waals surface area contributed by atoms with Gasteiger partial charge in [-0.15, -0.1) is 0 Å². The van der Waals surface area contributed by atoms with Crippen LogP contribution in [-0.4, -0.2) is 18.0 Å². The van der Waals surface area contributed by atoms with Gasteiger partial charge in [-0.25, -0.2) is 4.39 Å². The van der Waals surface area contributed by atoms with Crippen molar-refractivity contribution in [1.82, 2.24) is 0 Å². The maximum Gasteiger partial charge on any atom is 0.315 e. The van der Waals surface area contributed by atoms with Gasteiger partial charge in [0, 0.05) is 12.0 Å². The summed E-state index contributed by atoms with van der Waals surface area (Å²) in [4.78, 5) is 22.5. The Morgan fingerprint density at radius 2 is 2.00 bits per heavy atom. The minimum Gasteiger partial charge on any atom is -0.493 e. The van der Waals surface area contributed by atoms with Crippen molar-refractivity contribution in [2.24, 2.45) is 5.92 Å². The van der Waals surface area contributed by atoms with Crippen LogP contribution < -0.4 is 9.47 Å². The monoisotopic (exact) mass is 331 g/mol. The third kappa shape index (κ3) is 3.05. The molecule has 124 valence electrons. The highest BCUT2D eigenvalue weighted by molar-refractivity contribution is 5.80. The molecular weight excluding hydrogens is 317 g/mol. The minimum atomic E-state index is -0.587. The Labute approximate surface area is 137 Å². The molecule has 0 spiro atoms.